The molecule has 0 aliphatic carbocycles. The van der Waals surface area contributed by atoms with Crippen molar-refractivity contribution in [3.8, 4) is 29.1 Å². The monoisotopic (exact) mass is 680 g/mol. The summed E-state index contributed by atoms with van der Waals surface area (Å²) in [6.45, 7) is 0.111. The van der Waals surface area contributed by atoms with E-state index in [1.165, 1.54) is 36.4 Å². The van der Waals surface area contributed by atoms with Crippen LogP contribution in [0, 0.1) is 17.1 Å². The summed E-state index contributed by atoms with van der Waals surface area (Å²) < 4.78 is 66.4. The number of thiophene rings is 1. The van der Waals surface area contributed by atoms with Crippen LogP contribution in [0.4, 0.5) is 4.39 Å². The molecule has 45 heavy (non-hydrogen) atoms. The van der Waals surface area contributed by atoms with Crippen LogP contribution in [-0.4, -0.2) is 60.6 Å². The van der Waals surface area contributed by atoms with Crippen LogP contribution in [0.5, 0.6) is 23.0 Å². The van der Waals surface area contributed by atoms with Gasteiger partial charge in [-0.25, -0.2) is 12.8 Å². The first-order chi connectivity index (χ1) is 21.2. The molecule has 0 saturated carbocycles. The molecule has 8 N–H and O–H groups in total. The van der Waals surface area contributed by atoms with Crippen molar-refractivity contribution in [3.05, 3.63) is 77.1 Å². The van der Waals surface area contributed by atoms with Crippen molar-refractivity contribution >= 4 is 44.9 Å². The first kappa shape index (κ1) is 33.6. The molecular formula is C27H26FN4O10PS2. The average molecular weight is 681 g/mol. The van der Waals surface area contributed by atoms with Crippen molar-refractivity contribution in [1.82, 2.24) is 10.0 Å². The highest BCUT2D eigenvalue weighted by molar-refractivity contribution is 7.92. The van der Waals surface area contributed by atoms with Gasteiger partial charge in [-0.15, -0.1) is 11.3 Å². The summed E-state index contributed by atoms with van der Waals surface area (Å²) in [6, 6.07) is 12.4. The van der Waals surface area contributed by atoms with Gasteiger partial charge in [0.2, 0.25) is 0 Å². The van der Waals surface area contributed by atoms with Crippen LogP contribution in [0.2, 0.25) is 0 Å². The highest BCUT2D eigenvalue weighted by atomic mass is 32.2. The molecule has 18 heteroatoms. The number of benzene rings is 3. The van der Waals surface area contributed by atoms with Crippen molar-refractivity contribution in [1.29, 1.82) is 5.26 Å². The summed E-state index contributed by atoms with van der Waals surface area (Å²) >= 11 is 0.761. The lowest BCUT2D eigenvalue weighted by Crippen LogP contribution is -2.28. The molecule has 4 aromatic rings. The van der Waals surface area contributed by atoms with E-state index in [-0.39, 0.29) is 58.7 Å². The number of aromatic hydroxyl groups is 2. The van der Waals surface area contributed by atoms with Gasteiger partial charge in [0.1, 0.15) is 35.1 Å². The van der Waals surface area contributed by atoms with Crippen molar-refractivity contribution in [2.45, 2.75) is 9.99 Å². The van der Waals surface area contributed by atoms with E-state index in [4.69, 9.17) is 20.5 Å². The van der Waals surface area contributed by atoms with E-state index in [1.54, 1.807) is 6.07 Å². The van der Waals surface area contributed by atoms with Gasteiger partial charge in [-0.2, -0.15) is 9.98 Å². The quantitative estimate of drug-likeness (QED) is 0.0613. The number of fused-ring (bicyclic) bond motifs is 1. The Hall–Kier alpha value is -4.27. The number of phenolic OH excluding ortho intramolecular Hbond substituents is 2. The first-order valence-electron chi connectivity index (χ1n) is 12.8. The zero-order chi connectivity index (χ0) is 32.9. The van der Waals surface area contributed by atoms with Crippen LogP contribution in [0.25, 0.3) is 10.1 Å². The zero-order valence-electron chi connectivity index (χ0n) is 23.0. The van der Waals surface area contributed by atoms with E-state index >= 15 is 0 Å². The number of nitrogens with zero attached hydrogens (tertiary/aromatic N) is 1. The van der Waals surface area contributed by atoms with Crippen molar-refractivity contribution in [2.24, 2.45) is 5.73 Å². The molecule has 4 rings (SSSR count). The van der Waals surface area contributed by atoms with Crippen LogP contribution in [0.1, 0.15) is 27.3 Å². The van der Waals surface area contributed by atoms with Gasteiger partial charge >= 0.3 is 7.60 Å². The van der Waals surface area contributed by atoms with Crippen LogP contribution in [0.3, 0.4) is 0 Å². The van der Waals surface area contributed by atoms with Gasteiger partial charge in [0.15, 0.2) is 23.0 Å². The molecule has 0 bridgehead atoms. The summed E-state index contributed by atoms with van der Waals surface area (Å²) in [5.41, 5.74) is 4.63. The van der Waals surface area contributed by atoms with Gasteiger partial charge in [-0.1, -0.05) is 12.1 Å². The van der Waals surface area contributed by atoms with E-state index in [1.807, 2.05) is 4.72 Å². The first-order valence-corrected chi connectivity index (χ1v) is 16.8. The molecule has 0 aliphatic rings. The number of nitrogens with one attached hydrogen (secondary N) is 2. The van der Waals surface area contributed by atoms with E-state index in [0.717, 1.165) is 23.5 Å². The number of amides is 1. The Morgan fingerprint density at radius 1 is 1.09 bits per heavy atom. The highest BCUT2D eigenvalue weighted by Gasteiger charge is 2.36. The second-order valence-electron chi connectivity index (χ2n) is 9.28. The molecule has 0 saturated heterocycles. The fraction of sp³-hybridized carbons (Fsp3) is 0.185. The van der Waals surface area contributed by atoms with Gasteiger partial charge < -0.3 is 40.5 Å². The van der Waals surface area contributed by atoms with E-state index < -0.39 is 46.6 Å². The number of carbonyl (C=O) groups excluding carboxylic acids is 1. The molecule has 0 spiro atoms. The number of sulfonamides is 1. The predicted molar refractivity (Wildman–Crippen MR) is 160 cm³/mol. The molecule has 238 valence electrons. The number of nitrogens with two attached hydrogens (primary N) is 1. The fourth-order valence-electron chi connectivity index (χ4n) is 4.01. The summed E-state index contributed by atoms with van der Waals surface area (Å²) in [5.74, 6) is -4.56. The van der Waals surface area contributed by atoms with Crippen LogP contribution in [-0.2, 0) is 14.6 Å². The molecular weight excluding hydrogens is 654 g/mol. The maximum atomic E-state index is 14.2. The Kier molecular flexibility index (Phi) is 10.3. The molecule has 0 radical (unpaired) electrons. The number of para-hydroxylation sites is 1. The number of rotatable bonds is 13. The van der Waals surface area contributed by atoms with Crippen molar-refractivity contribution in [3.63, 3.8) is 0 Å². The number of ether oxygens (including phenoxy) is 2. The van der Waals surface area contributed by atoms with E-state index in [2.05, 4.69) is 5.32 Å². The predicted octanol–water partition coefficient (Wildman–Crippen LogP) is 2.62. The number of halogens is 1. The zero-order valence-corrected chi connectivity index (χ0v) is 25.5. The molecule has 3 aromatic carbocycles. The number of carbonyl (C=O) groups is 1. The molecule has 1 aromatic heterocycles. The number of nitriles is 1. The SMILES string of the molecule is N#Cc1ccc(C(NS(=O)(=O)c2cc3cc(OCCNC(=O)c4cccc(O)c4O)c(OCCN)cc3s2)P(=O)(O)O)cc1F. The van der Waals surface area contributed by atoms with Gasteiger partial charge in [0.25, 0.3) is 15.9 Å². The van der Waals surface area contributed by atoms with Gasteiger partial charge in [0, 0.05) is 17.3 Å². The molecule has 14 nitrogen and oxygen atoms in total. The smallest absolute Gasteiger partial charge is 0.347 e. The Balaban J connectivity index is 1.56. The minimum Gasteiger partial charge on any atom is -0.504 e. The van der Waals surface area contributed by atoms with E-state index in [9.17, 15) is 42.2 Å². The van der Waals surface area contributed by atoms with Gasteiger partial charge in [-0.05, 0) is 47.3 Å². The molecule has 1 amide bonds. The molecule has 1 unspecified atom stereocenters. The third-order valence-corrected chi connectivity index (χ3v) is 10.4. The minimum atomic E-state index is -5.21. The molecule has 0 aliphatic heterocycles. The van der Waals surface area contributed by atoms with Crippen molar-refractivity contribution in [2.75, 3.05) is 26.3 Å². The lowest BCUT2D eigenvalue weighted by Gasteiger charge is -2.20. The number of hydrogen-bond donors (Lipinski definition) is 7. The molecule has 1 heterocycles. The maximum absolute atomic E-state index is 14.2. The average Bonchev–Trinajstić information content (AvgIpc) is 3.41. The second kappa shape index (κ2) is 13.8. The Labute approximate surface area is 259 Å². The Bertz CT molecular complexity index is 1940. The molecule has 0 fully saturated rings. The Morgan fingerprint density at radius 3 is 2.47 bits per heavy atom. The number of phenols is 2. The largest absolute Gasteiger partial charge is 0.504 e. The third kappa shape index (κ3) is 7.88. The number of hydrogen-bond acceptors (Lipinski definition) is 11. The summed E-state index contributed by atoms with van der Waals surface area (Å²) in [4.78, 5) is 32.1. The van der Waals surface area contributed by atoms with Gasteiger partial charge in [-0.3, -0.25) is 9.36 Å². The van der Waals surface area contributed by atoms with Crippen LogP contribution < -0.4 is 25.2 Å². The lowest BCUT2D eigenvalue weighted by atomic mass is 10.1. The minimum absolute atomic E-state index is 0.0326. The highest BCUT2D eigenvalue weighted by Crippen LogP contribution is 2.51. The van der Waals surface area contributed by atoms with Crippen LogP contribution in [0.15, 0.2) is 58.8 Å². The van der Waals surface area contributed by atoms with E-state index in [0.29, 0.717) is 16.2 Å². The van der Waals surface area contributed by atoms with Gasteiger partial charge in [0.05, 0.1) is 17.7 Å². The maximum Gasteiger partial charge on any atom is 0.347 e. The fourth-order valence-corrected chi connectivity index (χ4v) is 8.01. The Morgan fingerprint density at radius 2 is 1.80 bits per heavy atom. The summed E-state index contributed by atoms with van der Waals surface area (Å²) in [5, 5.41) is 31.3. The van der Waals surface area contributed by atoms with Crippen LogP contribution >= 0.6 is 18.9 Å². The summed E-state index contributed by atoms with van der Waals surface area (Å²) in [6.07, 6.45) is 0. The summed E-state index contributed by atoms with van der Waals surface area (Å²) in [7, 11) is -9.80. The topological polar surface area (TPSA) is 242 Å². The second-order valence-corrected chi connectivity index (χ2v) is 14.0. The lowest BCUT2D eigenvalue weighted by molar-refractivity contribution is 0.0943. The normalized spacial score (nSPS) is 12.4. The van der Waals surface area contributed by atoms with Crippen molar-refractivity contribution < 1.29 is 51.6 Å². The standard InChI is InChI=1S/C27H26FN4O10PS2/c28-19-10-15(4-5-16(19)14-30)27(43(36,37)38)32-45(39,40)24-12-17-11-21(22(41-8-6-29)13-23(17)44-24)42-9-7-31-26(35)18-2-1-3-20(33)25(18)34/h1-5,10-13,27,32-34H,6-9,29H2,(H,31,35)(H2,36,37,38). The molecule has 1 atom stereocenters. The third-order valence-electron chi connectivity index (χ3n) is 6.14.